The Morgan fingerprint density at radius 3 is 2.55 bits per heavy atom. The maximum absolute atomic E-state index is 12.8. The zero-order valence-corrected chi connectivity index (χ0v) is 18.8. The van der Waals surface area contributed by atoms with Crippen LogP contribution >= 0.6 is 0 Å². The predicted octanol–water partition coefficient (Wildman–Crippen LogP) is 4.23. The van der Waals surface area contributed by atoms with Gasteiger partial charge in [0, 0.05) is 23.7 Å². The van der Waals surface area contributed by atoms with E-state index in [4.69, 9.17) is 0 Å². The molecule has 31 heavy (non-hydrogen) atoms. The number of benzene rings is 1. The van der Waals surface area contributed by atoms with Crippen LogP contribution < -0.4 is 10.6 Å². The summed E-state index contributed by atoms with van der Waals surface area (Å²) in [6, 6.07) is 5.18. The van der Waals surface area contributed by atoms with Crippen LogP contribution in [-0.2, 0) is 11.0 Å². The van der Waals surface area contributed by atoms with Crippen molar-refractivity contribution >= 4 is 11.8 Å². The Morgan fingerprint density at radius 1 is 1.23 bits per heavy atom. The van der Waals surface area contributed by atoms with Crippen LogP contribution in [0.5, 0.6) is 0 Å². The molecule has 0 spiro atoms. The number of nitrogens with zero attached hydrogens (tertiary/aromatic N) is 1. The first kappa shape index (κ1) is 25.2. The van der Waals surface area contributed by atoms with E-state index in [0.717, 1.165) is 44.2 Å². The average Bonchev–Trinajstić information content (AvgIpc) is 2.72. The first-order chi connectivity index (χ1) is 14.5. The lowest BCUT2D eigenvalue weighted by molar-refractivity contribution is -0.137. The summed E-state index contributed by atoms with van der Waals surface area (Å²) >= 11 is 0. The monoisotopic (exact) mass is 441 g/mol. The van der Waals surface area contributed by atoms with Crippen molar-refractivity contribution in [3.8, 4) is 0 Å². The van der Waals surface area contributed by atoms with Gasteiger partial charge in [0.1, 0.15) is 0 Å². The van der Waals surface area contributed by atoms with E-state index in [1.54, 1.807) is 0 Å². The second-order valence-electron chi connectivity index (χ2n) is 8.71. The normalized spacial score (nSPS) is 21.9. The molecular weight excluding hydrogens is 407 g/mol. The number of carbonyl (C=O) groups excluding carboxylic acids is 2. The van der Waals surface area contributed by atoms with E-state index in [2.05, 4.69) is 43.4 Å². The molecule has 0 heterocycles. The number of hydrogen-bond donors (Lipinski definition) is 2. The highest BCUT2D eigenvalue weighted by atomic mass is 19.4. The van der Waals surface area contributed by atoms with Crippen LogP contribution in [0.4, 0.5) is 13.2 Å². The van der Waals surface area contributed by atoms with Gasteiger partial charge in [-0.1, -0.05) is 19.4 Å². The molecule has 0 radical (unpaired) electrons. The van der Waals surface area contributed by atoms with Crippen molar-refractivity contribution in [2.45, 2.75) is 77.2 Å². The van der Waals surface area contributed by atoms with E-state index in [1.807, 2.05) is 0 Å². The lowest BCUT2D eigenvalue weighted by Crippen LogP contribution is -2.51. The number of carbonyl (C=O) groups is 2. The van der Waals surface area contributed by atoms with E-state index < -0.39 is 17.6 Å². The van der Waals surface area contributed by atoms with E-state index >= 15 is 0 Å². The minimum atomic E-state index is -4.52. The van der Waals surface area contributed by atoms with E-state index in [1.165, 1.54) is 12.1 Å². The molecule has 1 aromatic carbocycles. The molecule has 0 bridgehead atoms. The largest absolute Gasteiger partial charge is 0.416 e. The highest BCUT2D eigenvalue weighted by Crippen LogP contribution is 2.32. The minimum absolute atomic E-state index is 0.0507. The number of halogens is 3. The Bertz CT molecular complexity index is 752. The molecule has 1 aliphatic rings. The molecule has 1 fully saturated rings. The molecule has 5 nitrogen and oxygen atoms in total. The van der Waals surface area contributed by atoms with Crippen LogP contribution in [0.25, 0.3) is 0 Å². The Labute approximate surface area is 182 Å². The average molecular weight is 442 g/mol. The van der Waals surface area contributed by atoms with Crippen LogP contribution in [0.3, 0.4) is 0 Å². The Hall–Kier alpha value is -2.09. The Morgan fingerprint density at radius 2 is 1.94 bits per heavy atom. The highest BCUT2D eigenvalue weighted by Gasteiger charge is 2.33. The van der Waals surface area contributed by atoms with E-state index in [0.29, 0.717) is 18.0 Å². The van der Waals surface area contributed by atoms with Crippen LogP contribution in [0.15, 0.2) is 24.3 Å². The molecule has 8 heteroatoms. The van der Waals surface area contributed by atoms with Gasteiger partial charge in [0.05, 0.1) is 12.1 Å². The molecule has 1 aliphatic carbocycles. The van der Waals surface area contributed by atoms with Crippen molar-refractivity contribution in [3.05, 3.63) is 35.4 Å². The molecule has 0 saturated heterocycles. The lowest BCUT2D eigenvalue weighted by atomic mass is 9.78. The summed E-state index contributed by atoms with van der Waals surface area (Å²) in [4.78, 5) is 27.0. The molecule has 1 aromatic rings. The molecular formula is C23H34F3N3O2. The quantitative estimate of drug-likeness (QED) is 0.635. The minimum Gasteiger partial charge on any atom is -0.352 e. The summed E-state index contributed by atoms with van der Waals surface area (Å²) in [5.74, 6) is -0.649. The number of amides is 2. The second-order valence-corrected chi connectivity index (χ2v) is 8.71. The van der Waals surface area contributed by atoms with Gasteiger partial charge in [0.25, 0.3) is 5.91 Å². The topological polar surface area (TPSA) is 61.4 Å². The van der Waals surface area contributed by atoms with Gasteiger partial charge in [-0.2, -0.15) is 13.2 Å². The molecule has 0 aromatic heterocycles. The van der Waals surface area contributed by atoms with Crippen molar-refractivity contribution < 1.29 is 22.8 Å². The van der Waals surface area contributed by atoms with Gasteiger partial charge < -0.3 is 15.5 Å². The first-order valence-corrected chi connectivity index (χ1v) is 11.0. The lowest BCUT2D eigenvalue weighted by Gasteiger charge is -2.41. The van der Waals surface area contributed by atoms with Gasteiger partial charge >= 0.3 is 6.18 Å². The maximum Gasteiger partial charge on any atom is 0.416 e. The van der Waals surface area contributed by atoms with Gasteiger partial charge in [0.15, 0.2) is 0 Å². The summed E-state index contributed by atoms with van der Waals surface area (Å²) in [7, 11) is 2.14. The smallest absolute Gasteiger partial charge is 0.352 e. The van der Waals surface area contributed by atoms with Crippen molar-refractivity contribution in [1.82, 2.24) is 15.5 Å². The van der Waals surface area contributed by atoms with E-state index in [-0.39, 0.29) is 24.1 Å². The molecule has 0 aliphatic heterocycles. The first-order valence-electron chi connectivity index (χ1n) is 11.0. The number of rotatable bonds is 8. The summed E-state index contributed by atoms with van der Waals surface area (Å²) in [5, 5.41) is 5.46. The fourth-order valence-corrected chi connectivity index (χ4v) is 4.27. The van der Waals surface area contributed by atoms with Crippen LogP contribution in [-0.4, -0.2) is 48.4 Å². The van der Waals surface area contributed by atoms with Crippen molar-refractivity contribution in [2.24, 2.45) is 5.92 Å². The summed E-state index contributed by atoms with van der Waals surface area (Å²) < 4.78 is 38.5. The van der Waals surface area contributed by atoms with E-state index in [9.17, 15) is 22.8 Å². The molecule has 2 amide bonds. The number of alkyl halides is 3. The number of hydrogen-bond acceptors (Lipinski definition) is 3. The standard InChI is InChI=1S/C23H34F3N3O2/c1-5-7-16-13-19(29(4)15(2)3)10-11-20(16)28-21(30)14-27-22(31)17-8-6-9-18(12-17)23(24,25)26/h6,8-9,12,15-16,19-20H,5,7,10-11,13-14H2,1-4H3,(H,27,31)(H,28,30)/t16-,19-,20+/m1/s1. The number of nitrogens with one attached hydrogen (secondary N) is 2. The van der Waals surface area contributed by atoms with Gasteiger partial charge in [-0.05, 0) is 70.7 Å². The zero-order valence-electron chi connectivity index (χ0n) is 18.8. The van der Waals surface area contributed by atoms with Gasteiger partial charge in [-0.3, -0.25) is 9.59 Å². The van der Waals surface area contributed by atoms with Crippen LogP contribution in [0.1, 0.15) is 68.8 Å². The summed E-state index contributed by atoms with van der Waals surface area (Å²) in [6.07, 6.45) is 0.413. The predicted molar refractivity (Wildman–Crippen MR) is 115 cm³/mol. The second kappa shape index (κ2) is 11.0. The van der Waals surface area contributed by atoms with Crippen molar-refractivity contribution in [1.29, 1.82) is 0 Å². The van der Waals surface area contributed by atoms with Gasteiger partial charge in [0.2, 0.25) is 5.91 Å². The highest BCUT2D eigenvalue weighted by molar-refractivity contribution is 5.96. The molecule has 0 unspecified atom stereocenters. The molecule has 2 rings (SSSR count). The fraction of sp³-hybridized carbons (Fsp3) is 0.652. The maximum atomic E-state index is 12.8. The third kappa shape index (κ3) is 7.23. The Balaban J connectivity index is 1.91. The van der Waals surface area contributed by atoms with Crippen molar-refractivity contribution in [3.63, 3.8) is 0 Å². The molecule has 174 valence electrons. The third-order valence-corrected chi connectivity index (χ3v) is 6.21. The van der Waals surface area contributed by atoms with Crippen molar-refractivity contribution in [2.75, 3.05) is 13.6 Å². The fourth-order valence-electron chi connectivity index (χ4n) is 4.27. The zero-order chi connectivity index (χ0) is 23.2. The molecule has 1 saturated carbocycles. The molecule has 2 N–H and O–H groups in total. The SMILES string of the molecule is CCC[C@@H]1C[C@H](N(C)C(C)C)CC[C@@H]1NC(=O)CNC(=O)c1cccc(C(F)(F)F)c1. The summed E-state index contributed by atoms with van der Waals surface area (Å²) in [5.41, 5.74) is -1.01. The van der Waals surface area contributed by atoms with Gasteiger partial charge in [-0.25, -0.2) is 0 Å². The third-order valence-electron chi connectivity index (χ3n) is 6.21. The molecule has 3 atom stereocenters. The van der Waals surface area contributed by atoms with Crippen LogP contribution in [0, 0.1) is 5.92 Å². The van der Waals surface area contributed by atoms with Gasteiger partial charge in [-0.15, -0.1) is 0 Å². The Kier molecular flexibility index (Phi) is 8.91. The van der Waals surface area contributed by atoms with Crippen LogP contribution in [0.2, 0.25) is 0 Å². The summed E-state index contributed by atoms with van der Waals surface area (Å²) in [6.45, 7) is 6.22.